The molecular weight excluding hydrogens is 356 g/mol. The summed E-state index contributed by atoms with van der Waals surface area (Å²) >= 11 is 3.48. The average Bonchev–Trinajstić information content (AvgIpc) is 2.50. The molecule has 1 atom stereocenters. The van der Waals surface area contributed by atoms with E-state index in [0.717, 1.165) is 29.9 Å². The molecule has 1 aliphatic rings. The number of aryl methyl sites for hydroxylation is 1. The Balaban J connectivity index is 2.01. The lowest BCUT2D eigenvalue weighted by Crippen LogP contribution is -2.51. The number of nitrogens with one attached hydrogen (secondary N) is 2. The van der Waals surface area contributed by atoms with Crippen LogP contribution in [0.5, 0.6) is 0 Å². The lowest BCUT2D eigenvalue weighted by molar-refractivity contribution is -0.132. The Morgan fingerprint density at radius 3 is 2.91 bits per heavy atom. The zero-order valence-corrected chi connectivity index (χ0v) is 15.6. The lowest BCUT2D eigenvalue weighted by Gasteiger charge is -2.31. The van der Waals surface area contributed by atoms with Gasteiger partial charge in [0.25, 0.3) is 0 Å². The summed E-state index contributed by atoms with van der Waals surface area (Å²) in [6.07, 6.45) is 1.45. The van der Waals surface area contributed by atoms with Crippen LogP contribution in [0.1, 0.15) is 30.9 Å². The molecule has 0 saturated carbocycles. The maximum atomic E-state index is 11.6. The summed E-state index contributed by atoms with van der Waals surface area (Å²) in [6.45, 7) is 6.32. The summed E-state index contributed by atoms with van der Waals surface area (Å²) in [6, 6.07) is 6.49. The maximum Gasteiger partial charge on any atom is 0.222 e. The topological polar surface area (TPSA) is 56.7 Å². The van der Waals surface area contributed by atoms with Gasteiger partial charge in [0.15, 0.2) is 5.96 Å². The molecule has 0 aliphatic carbocycles. The van der Waals surface area contributed by atoms with E-state index >= 15 is 0 Å². The predicted octanol–water partition coefficient (Wildman–Crippen LogP) is 2.43. The minimum atomic E-state index is 0.218. The third-order valence-corrected chi connectivity index (χ3v) is 4.52. The molecule has 0 aromatic heterocycles. The number of halogens is 1. The second kappa shape index (κ2) is 8.34. The van der Waals surface area contributed by atoms with E-state index < -0.39 is 0 Å². The third kappa shape index (κ3) is 5.23. The number of rotatable bonds is 4. The Kier molecular flexibility index (Phi) is 6.45. The second-order valence-electron chi connectivity index (χ2n) is 5.92. The minimum Gasteiger partial charge on any atom is -0.357 e. The fraction of sp³-hybridized carbons (Fsp3) is 0.529. The molecule has 1 amide bonds. The number of hydrogen-bond donors (Lipinski definition) is 2. The fourth-order valence-electron chi connectivity index (χ4n) is 2.64. The number of aliphatic imine (C=N–C) groups is 1. The summed E-state index contributed by atoms with van der Waals surface area (Å²) in [5.41, 5.74) is 2.43. The van der Waals surface area contributed by atoms with Crippen molar-refractivity contribution in [1.29, 1.82) is 0 Å². The van der Waals surface area contributed by atoms with Gasteiger partial charge in [-0.3, -0.25) is 4.79 Å². The van der Waals surface area contributed by atoms with Crippen molar-refractivity contribution in [3.63, 3.8) is 0 Å². The molecule has 1 fully saturated rings. The number of amides is 1. The number of carbonyl (C=O) groups excluding carboxylic acids is 1. The van der Waals surface area contributed by atoms with Gasteiger partial charge in [-0.25, -0.2) is 4.99 Å². The molecule has 1 aliphatic heterocycles. The molecule has 0 bridgehead atoms. The number of piperidine rings is 1. The Morgan fingerprint density at radius 2 is 2.26 bits per heavy atom. The van der Waals surface area contributed by atoms with Crippen molar-refractivity contribution in [3.05, 3.63) is 33.8 Å². The first-order valence-electron chi connectivity index (χ1n) is 8.03. The number of nitrogens with zero attached hydrogens (tertiary/aromatic N) is 2. The van der Waals surface area contributed by atoms with Crippen LogP contribution >= 0.6 is 15.9 Å². The van der Waals surface area contributed by atoms with Crippen molar-refractivity contribution >= 4 is 27.8 Å². The van der Waals surface area contributed by atoms with Gasteiger partial charge in [0.2, 0.25) is 5.91 Å². The fourth-order valence-corrected chi connectivity index (χ4v) is 3.12. The Hall–Kier alpha value is -1.56. The molecular formula is C17H25BrN4O. The zero-order chi connectivity index (χ0) is 16.8. The predicted molar refractivity (Wildman–Crippen MR) is 97.5 cm³/mol. The molecule has 1 aromatic carbocycles. The number of likely N-dealkylation sites (tertiary alicyclic amines) is 1. The number of likely N-dealkylation sites (N-methyl/N-ethyl adjacent to an activating group) is 1. The van der Waals surface area contributed by atoms with Crippen LogP contribution < -0.4 is 10.6 Å². The van der Waals surface area contributed by atoms with Gasteiger partial charge in [-0.1, -0.05) is 22.0 Å². The van der Waals surface area contributed by atoms with Crippen LogP contribution in [0.15, 0.2) is 27.7 Å². The quantitative estimate of drug-likeness (QED) is 0.622. The highest BCUT2D eigenvalue weighted by atomic mass is 79.9. The van der Waals surface area contributed by atoms with Gasteiger partial charge in [0.05, 0.1) is 6.54 Å². The van der Waals surface area contributed by atoms with Gasteiger partial charge in [0, 0.05) is 37.1 Å². The molecule has 0 spiro atoms. The molecule has 2 N–H and O–H groups in total. The van der Waals surface area contributed by atoms with Crippen LogP contribution in [0, 0.1) is 6.92 Å². The van der Waals surface area contributed by atoms with Crippen molar-refractivity contribution in [2.45, 2.75) is 39.3 Å². The minimum absolute atomic E-state index is 0.218. The van der Waals surface area contributed by atoms with E-state index in [9.17, 15) is 4.79 Å². The highest BCUT2D eigenvalue weighted by Gasteiger charge is 2.23. The third-order valence-electron chi connectivity index (χ3n) is 4.02. The molecule has 1 unspecified atom stereocenters. The van der Waals surface area contributed by atoms with E-state index in [-0.39, 0.29) is 11.9 Å². The summed E-state index contributed by atoms with van der Waals surface area (Å²) in [4.78, 5) is 18.0. The average molecular weight is 381 g/mol. The van der Waals surface area contributed by atoms with E-state index in [0.29, 0.717) is 13.0 Å². The standard InChI is InChI=1S/C17H25BrN4O/c1-4-19-17(21-15-7-8-16(23)22(3)11-15)20-10-13-5-6-14(18)9-12(13)2/h5-6,9,15H,4,7-8,10-11H2,1-3H3,(H2,19,20,21). The first kappa shape index (κ1) is 17.8. The molecule has 5 nitrogen and oxygen atoms in total. The summed E-state index contributed by atoms with van der Waals surface area (Å²) < 4.78 is 1.09. The largest absolute Gasteiger partial charge is 0.357 e. The van der Waals surface area contributed by atoms with Crippen LogP contribution in [-0.2, 0) is 11.3 Å². The van der Waals surface area contributed by atoms with Crippen molar-refractivity contribution < 1.29 is 4.79 Å². The summed E-state index contributed by atoms with van der Waals surface area (Å²) in [5, 5.41) is 6.73. The van der Waals surface area contributed by atoms with Crippen LogP contribution in [-0.4, -0.2) is 42.9 Å². The number of benzene rings is 1. The zero-order valence-electron chi connectivity index (χ0n) is 14.0. The van der Waals surface area contributed by atoms with Gasteiger partial charge < -0.3 is 15.5 Å². The Bertz CT molecular complexity index is 588. The molecule has 6 heteroatoms. The molecule has 1 aromatic rings. The molecule has 2 rings (SSSR count). The number of guanidine groups is 1. The molecule has 1 heterocycles. The molecule has 23 heavy (non-hydrogen) atoms. The lowest BCUT2D eigenvalue weighted by atomic mass is 10.1. The first-order chi connectivity index (χ1) is 11.0. The van der Waals surface area contributed by atoms with Crippen molar-refractivity contribution in [3.8, 4) is 0 Å². The van der Waals surface area contributed by atoms with Gasteiger partial charge in [-0.05, 0) is 43.5 Å². The SMILES string of the molecule is CCNC(=NCc1ccc(Br)cc1C)NC1CCC(=O)N(C)C1. The van der Waals surface area contributed by atoms with Gasteiger partial charge in [-0.2, -0.15) is 0 Å². The van der Waals surface area contributed by atoms with Crippen molar-refractivity contribution in [1.82, 2.24) is 15.5 Å². The molecule has 126 valence electrons. The Labute approximate surface area is 146 Å². The highest BCUT2D eigenvalue weighted by Crippen LogP contribution is 2.16. The van der Waals surface area contributed by atoms with E-state index in [1.807, 2.05) is 13.1 Å². The van der Waals surface area contributed by atoms with Crippen LogP contribution in [0.4, 0.5) is 0 Å². The summed E-state index contributed by atoms with van der Waals surface area (Å²) in [7, 11) is 1.85. The second-order valence-corrected chi connectivity index (χ2v) is 6.84. The monoisotopic (exact) mass is 380 g/mol. The Morgan fingerprint density at radius 1 is 1.48 bits per heavy atom. The first-order valence-corrected chi connectivity index (χ1v) is 8.82. The van der Waals surface area contributed by atoms with E-state index in [1.54, 1.807) is 4.90 Å². The summed E-state index contributed by atoms with van der Waals surface area (Å²) in [5.74, 6) is 1.03. The van der Waals surface area contributed by atoms with Crippen LogP contribution in [0.3, 0.4) is 0 Å². The van der Waals surface area contributed by atoms with Crippen molar-refractivity contribution in [2.24, 2.45) is 4.99 Å². The van der Waals surface area contributed by atoms with E-state index in [1.165, 1.54) is 11.1 Å². The van der Waals surface area contributed by atoms with E-state index in [2.05, 4.69) is 57.5 Å². The molecule has 1 saturated heterocycles. The number of carbonyl (C=O) groups is 1. The highest BCUT2D eigenvalue weighted by molar-refractivity contribution is 9.10. The van der Waals surface area contributed by atoms with Crippen molar-refractivity contribution in [2.75, 3.05) is 20.1 Å². The van der Waals surface area contributed by atoms with Gasteiger partial charge in [-0.15, -0.1) is 0 Å². The molecule has 0 radical (unpaired) electrons. The van der Waals surface area contributed by atoms with E-state index in [4.69, 9.17) is 0 Å². The van der Waals surface area contributed by atoms with Crippen LogP contribution in [0.25, 0.3) is 0 Å². The maximum absolute atomic E-state index is 11.6. The van der Waals surface area contributed by atoms with Gasteiger partial charge >= 0.3 is 0 Å². The van der Waals surface area contributed by atoms with Crippen LogP contribution in [0.2, 0.25) is 0 Å². The van der Waals surface area contributed by atoms with Gasteiger partial charge in [0.1, 0.15) is 0 Å². The number of hydrogen-bond acceptors (Lipinski definition) is 2. The normalized spacial score (nSPS) is 19.0. The smallest absolute Gasteiger partial charge is 0.222 e.